The van der Waals surface area contributed by atoms with E-state index in [0.29, 0.717) is 22.9 Å². The number of ketones is 1. The first-order valence-corrected chi connectivity index (χ1v) is 6.48. The Balaban J connectivity index is 3.17. The van der Waals surface area contributed by atoms with Gasteiger partial charge in [0.05, 0.1) is 12.7 Å². The van der Waals surface area contributed by atoms with Gasteiger partial charge in [-0.1, -0.05) is 31.9 Å². The number of Topliss-reactive ketones (excluding diaryl/α,β-unsaturated/α-hetero) is 1. The van der Waals surface area contributed by atoms with Gasteiger partial charge in [-0.2, -0.15) is 0 Å². The fraction of sp³-hybridized carbons (Fsp3) is 0.273. The molecule has 0 heterocycles. The molecule has 0 unspecified atom stereocenters. The molecule has 86 valence electrons. The van der Waals surface area contributed by atoms with Crippen molar-refractivity contribution < 1.29 is 14.3 Å². The molecule has 0 N–H and O–H groups in total. The lowest BCUT2D eigenvalue weighted by molar-refractivity contribution is 0.0597. The number of halogens is 2. The number of carbonyl (C=O) groups is 2. The highest BCUT2D eigenvalue weighted by molar-refractivity contribution is 9.10. The van der Waals surface area contributed by atoms with E-state index in [-0.39, 0.29) is 5.78 Å². The summed E-state index contributed by atoms with van der Waals surface area (Å²) in [6.45, 7) is 0. The maximum absolute atomic E-state index is 11.8. The van der Waals surface area contributed by atoms with E-state index in [2.05, 4.69) is 36.6 Å². The Kier molecular flexibility index (Phi) is 5.15. The summed E-state index contributed by atoms with van der Waals surface area (Å²) in [5.41, 5.74) is 0.692. The quantitative estimate of drug-likeness (QED) is 0.476. The van der Waals surface area contributed by atoms with Crippen molar-refractivity contribution in [1.82, 2.24) is 0 Å². The highest BCUT2D eigenvalue weighted by atomic mass is 79.9. The van der Waals surface area contributed by atoms with Gasteiger partial charge in [0.15, 0.2) is 5.78 Å². The van der Waals surface area contributed by atoms with Gasteiger partial charge in [0.1, 0.15) is 0 Å². The topological polar surface area (TPSA) is 43.4 Å². The first kappa shape index (κ1) is 13.4. The highest BCUT2D eigenvalue weighted by Crippen LogP contribution is 2.19. The van der Waals surface area contributed by atoms with Crippen molar-refractivity contribution in [2.75, 3.05) is 12.4 Å². The number of rotatable bonds is 4. The molecule has 1 aromatic carbocycles. The fourth-order valence-electron chi connectivity index (χ4n) is 1.26. The highest BCUT2D eigenvalue weighted by Gasteiger charge is 2.17. The molecule has 0 aliphatic carbocycles. The summed E-state index contributed by atoms with van der Waals surface area (Å²) < 4.78 is 5.39. The number of hydrogen-bond donors (Lipinski definition) is 0. The van der Waals surface area contributed by atoms with Crippen LogP contribution in [0.2, 0.25) is 0 Å². The van der Waals surface area contributed by atoms with E-state index in [1.165, 1.54) is 7.11 Å². The van der Waals surface area contributed by atoms with Crippen LogP contribution in [0.1, 0.15) is 27.1 Å². The number of benzene rings is 1. The molecule has 5 heteroatoms. The van der Waals surface area contributed by atoms with Crippen LogP contribution in [0.5, 0.6) is 0 Å². The van der Waals surface area contributed by atoms with Crippen molar-refractivity contribution in [3.63, 3.8) is 0 Å². The number of hydrogen-bond acceptors (Lipinski definition) is 3. The van der Waals surface area contributed by atoms with Crippen LogP contribution < -0.4 is 0 Å². The Morgan fingerprint density at radius 2 is 2.00 bits per heavy atom. The number of ether oxygens (including phenoxy) is 1. The first-order chi connectivity index (χ1) is 7.60. The molecule has 0 aliphatic heterocycles. The van der Waals surface area contributed by atoms with Gasteiger partial charge in [0.2, 0.25) is 0 Å². The van der Waals surface area contributed by atoms with Crippen LogP contribution in [0.25, 0.3) is 0 Å². The SMILES string of the molecule is COC(=O)c1ccc(Br)cc1C(=O)CCBr. The van der Waals surface area contributed by atoms with Crippen molar-refractivity contribution in [3.05, 3.63) is 33.8 Å². The molecule has 0 aliphatic rings. The molecular formula is C11H10Br2O3. The molecule has 0 fully saturated rings. The summed E-state index contributed by atoms with van der Waals surface area (Å²) in [6, 6.07) is 4.92. The molecule has 0 amide bonds. The molecule has 0 saturated heterocycles. The summed E-state index contributed by atoms with van der Waals surface area (Å²) in [6.07, 6.45) is 0.348. The fourth-order valence-corrected chi connectivity index (χ4v) is 1.98. The van der Waals surface area contributed by atoms with Gasteiger partial charge < -0.3 is 4.74 Å². The van der Waals surface area contributed by atoms with Gasteiger partial charge in [0, 0.05) is 21.8 Å². The third-order valence-electron chi connectivity index (χ3n) is 2.01. The van der Waals surface area contributed by atoms with Crippen LogP contribution in [0, 0.1) is 0 Å². The van der Waals surface area contributed by atoms with Crippen LogP contribution in [0.15, 0.2) is 22.7 Å². The Hall–Kier alpha value is -0.680. The molecule has 1 rings (SSSR count). The molecule has 0 spiro atoms. The molecule has 16 heavy (non-hydrogen) atoms. The van der Waals surface area contributed by atoms with Gasteiger partial charge in [-0.3, -0.25) is 4.79 Å². The molecule has 0 saturated carbocycles. The zero-order chi connectivity index (χ0) is 12.1. The first-order valence-electron chi connectivity index (χ1n) is 4.57. The number of esters is 1. The van der Waals surface area contributed by atoms with Gasteiger partial charge in [0.25, 0.3) is 0 Å². The average Bonchev–Trinajstić information content (AvgIpc) is 2.28. The second-order valence-corrected chi connectivity index (χ2v) is 4.75. The number of carbonyl (C=O) groups excluding carboxylic acids is 2. The summed E-state index contributed by atoms with van der Waals surface area (Å²) in [5, 5.41) is 0.568. The molecule has 0 bridgehead atoms. The molecular weight excluding hydrogens is 340 g/mol. The average molecular weight is 350 g/mol. The molecule has 1 aromatic rings. The van der Waals surface area contributed by atoms with E-state index in [1.54, 1.807) is 18.2 Å². The largest absolute Gasteiger partial charge is 0.465 e. The molecule has 3 nitrogen and oxygen atoms in total. The maximum atomic E-state index is 11.8. The molecule has 0 atom stereocenters. The van der Waals surface area contributed by atoms with Crippen LogP contribution in [0.4, 0.5) is 0 Å². The lowest BCUT2D eigenvalue weighted by Gasteiger charge is -2.06. The van der Waals surface area contributed by atoms with Crippen molar-refractivity contribution in [2.45, 2.75) is 6.42 Å². The number of methoxy groups -OCH3 is 1. The molecule has 0 aromatic heterocycles. The van der Waals surface area contributed by atoms with Gasteiger partial charge in [-0.25, -0.2) is 4.79 Å². The lowest BCUT2D eigenvalue weighted by atomic mass is 10.0. The van der Waals surface area contributed by atoms with Crippen molar-refractivity contribution in [1.29, 1.82) is 0 Å². The lowest BCUT2D eigenvalue weighted by Crippen LogP contribution is -2.10. The summed E-state index contributed by atoms with van der Waals surface area (Å²) in [4.78, 5) is 23.2. The van der Waals surface area contributed by atoms with E-state index in [0.717, 1.165) is 4.47 Å². The van der Waals surface area contributed by atoms with E-state index < -0.39 is 5.97 Å². The summed E-state index contributed by atoms with van der Waals surface area (Å²) >= 11 is 6.47. The van der Waals surface area contributed by atoms with E-state index in [4.69, 9.17) is 0 Å². The number of alkyl halides is 1. The molecule has 0 radical (unpaired) electrons. The van der Waals surface area contributed by atoms with Gasteiger partial charge in [-0.05, 0) is 18.2 Å². The van der Waals surface area contributed by atoms with Gasteiger partial charge in [-0.15, -0.1) is 0 Å². The third kappa shape index (κ3) is 3.15. The Labute approximate surface area is 110 Å². The van der Waals surface area contributed by atoms with Crippen LogP contribution in [-0.2, 0) is 4.74 Å². The van der Waals surface area contributed by atoms with E-state index in [1.807, 2.05) is 0 Å². The van der Waals surface area contributed by atoms with E-state index >= 15 is 0 Å². The van der Waals surface area contributed by atoms with E-state index in [9.17, 15) is 9.59 Å². The predicted octanol–water partition coefficient (Wildman–Crippen LogP) is 3.20. The van der Waals surface area contributed by atoms with Crippen LogP contribution in [0.3, 0.4) is 0 Å². The zero-order valence-corrected chi connectivity index (χ0v) is 11.8. The minimum absolute atomic E-state index is 0.0847. The Morgan fingerprint density at radius 3 is 2.56 bits per heavy atom. The van der Waals surface area contributed by atoms with Crippen molar-refractivity contribution in [3.8, 4) is 0 Å². The van der Waals surface area contributed by atoms with Crippen molar-refractivity contribution >= 4 is 43.6 Å². The maximum Gasteiger partial charge on any atom is 0.338 e. The van der Waals surface area contributed by atoms with Crippen LogP contribution in [-0.4, -0.2) is 24.2 Å². The van der Waals surface area contributed by atoms with Crippen LogP contribution >= 0.6 is 31.9 Å². The third-order valence-corrected chi connectivity index (χ3v) is 2.90. The minimum atomic E-state index is -0.495. The monoisotopic (exact) mass is 348 g/mol. The van der Waals surface area contributed by atoms with Crippen molar-refractivity contribution in [2.24, 2.45) is 0 Å². The second kappa shape index (κ2) is 6.15. The standard InChI is InChI=1S/C11H10Br2O3/c1-16-11(15)8-3-2-7(13)6-9(8)10(14)4-5-12/h2-3,6H,4-5H2,1H3. The normalized spacial score (nSPS) is 9.94. The zero-order valence-electron chi connectivity index (χ0n) is 8.63. The summed E-state index contributed by atoms with van der Waals surface area (Å²) in [7, 11) is 1.29. The minimum Gasteiger partial charge on any atom is -0.465 e. The Morgan fingerprint density at radius 1 is 1.31 bits per heavy atom. The Bertz CT molecular complexity index is 416. The second-order valence-electron chi connectivity index (χ2n) is 3.04. The van der Waals surface area contributed by atoms with Gasteiger partial charge >= 0.3 is 5.97 Å². The smallest absolute Gasteiger partial charge is 0.338 e. The predicted molar refractivity (Wildman–Crippen MR) is 68.2 cm³/mol. The summed E-state index contributed by atoms with van der Waals surface area (Å²) in [5.74, 6) is -0.580.